The molecule has 0 aliphatic heterocycles. The Morgan fingerprint density at radius 2 is 2.11 bits per heavy atom. The van der Waals surface area contributed by atoms with Crippen LogP contribution in [0, 0.1) is 0 Å². The highest BCUT2D eigenvalue weighted by Gasteiger charge is 2.06. The summed E-state index contributed by atoms with van der Waals surface area (Å²) in [6, 6.07) is 8.36. The van der Waals surface area contributed by atoms with Crippen molar-refractivity contribution < 1.29 is 0 Å². The van der Waals surface area contributed by atoms with Crippen molar-refractivity contribution in [3.63, 3.8) is 0 Å². The number of rotatable bonds is 3. The number of aromatic nitrogens is 2. The quantitative estimate of drug-likeness (QED) is 0.786. The van der Waals surface area contributed by atoms with E-state index in [0.29, 0.717) is 5.15 Å². The molecule has 0 radical (unpaired) electrons. The van der Waals surface area contributed by atoms with E-state index in [1.54, 1.807) is 12.3 Å². The van der Waals surface area contributed by atoms with Crippen LogP contribution in [0.3, 0.4) is 0 Å². The Morgan fingerprint density at radius 1 is 1.17 bits per heavy atom. The molecule has 18 heavy (non-hydrogen) atoms. The lowest BCUT2D eigenvalue weighted by molar-refractivity contribution is 0.857. The van der Waals surface area contributed by atoms with E-state index in [4.69, 9.17) is 11.6 Å². The van der Waals surface area contributed by atoms with Crippen LogP contribution in [-0.4, -0.2) is 9.97 Å². The van der Waals surface area contributed by atoms with Crippen molar-refractivity contribution in [2.75, 3.05) is 0 Å². The van der Waals surface area contributed by atoms with Gasteiger partial charge in [0.05, 0.1) is 0 Å². The summed E-state index contributed by atoms with van der Waals surface area (Å²) in [5.41, 5.74) is 4.08. The highest BCUT2D eigenvalue weighted by atomic mass is 35.5. The number of benzene rings is 1. The van der Waals surface area contributed by atoms with Crippen LogP contribution in [0.1, 0.15) is 22.5 Å². The zero-order valence-electron chi connectivity index (χ0n) is 9.94. The van der Waals surface area contributed by atoms with Crippen LogP contribution in [0.4, 0.5) is 0 Å². The van der Waals surface area contributed by atoms with Gasteiger partial charge in [-0.25, -0.2) is 9.97 Å². The maximum absolute atomic E-state index is 5.84. The monoisotopic (exact) mass is 256 g/mol. The molecule has 0 N–H and O–H groups in total. The summed E-state index contributed by atoms with van der Waals surface area (Å²) < 4.78 is 0. The van der Waals surface area contributed by atoms with Gasteiger partial charge in [-0.05, 0) is 35.6 Å². The molecule has 1 aromatic carbocycles. The Kier molecular flexibility index (Phi) is 3.11. The highest BCUT2D eigenvalue weighted by Crippen LogP contribution is 2.21. The molecule has 0 saturated carbocycles. The van der Waals surface area contributed by atoms with Gasteiger partial charge in [-0.15, -0.1) is 0 Å². The second-order valence-corrected chi connectivity index (χ2v) is 4.82. The van der Waals surface area contributed by atoms with Gasteiger partial charge in [-0.3, -0.25) is 0 Å². The number of allylic oxidation sites excluding steroid dienone is 1. The predicted octanol–water partition coefficient (Wildman–Crippen LogP) is 3.48. The summed E-state index contributed by atoms with van der Waals surface area (Å²) in [7, 11) is 0. The average molecular weight is 257 g/mol. The number of halogens is 1. The molecular formula is C15H13ClN2. The Labute approximate surface area is 111 Å². The largest absolute Gasteiger partial charge is 0.241 e. The number of hydrogen-bond acceptors (Lipinski definition) is 2. The fraction of sp³-hybridized carbons (Fsp3) is 0.200. The smallest absolute Gasteiger partial charge is 0.132 e. The molecule has 0 saturated heterocycles. The Bertz CT molecular complexity index is 605. The number of aryl methyl sites for hydroxylation is 2. The van der Waals surface area contributed by atoms with Crippen LogP contribution in [0.5, 0.6) is 0 Å². The maximum atomic E-state index is 5.84. The molecular weight excluding hydrogens is 244 g/mol. The predicted molar refractivity (Wildman–Crippen MR) is 73.6 cm³/mol. The third-order valence-electron chi connectivity index (χ3n) is 3.15. The number of fused-ring (bicyclic) bond motifs is 1. The van der Waals surface area contributed by atoms with Gasteiger partial charge in [0.1, 0.15) is 11.0 Å². The highest BCUT2D eigenvalue weighted by molar-refractivity contribution is 6.29. The van der Waals surface area contributed by atoms with Gasteiger partial charge >= 0.3 is 0 Å². The van der Waals surface area contributed by atoms with Gasteiger partial charge in [0, 0.05) is 12.6 Å². The van der Waals surface area contributed by atoms with E-state index in [1.165, 1.54) is 16.7 Å². The lowest BCUT2D eigenvalue weighted by atomic mass is 10.0. The van der Waals surface area contributed by atoms with E-state index < -0.39 is 0 Å². The van der Waals surface area contributed by atoms with E-state index in [1.807, 2.05) is 0 Å². The Balaban J connectivity index is 1.72. The average Bonchev–Trinajstić information content (AvgIpc) is 2.84. The maximum Gasteiger partial charge on any atom is 0.132 e. The van der Waals surface area contributed by atoms with Crippen molar-refractivity contribution in [3.8, 4) is 0 Å². The van der Waals surface area contributed by atoms with Crippen LogP contribution in [0.15, 0.2) is 36.5 Å². The Morgan fingerprint density at radius 3 is 3.00 bits per heavy atom. The Hall–Kier alpha value is -1.67. The van der Waals surface area contributed by atoms with Crippen LogP contribution >= 0.6 is 11.6 Å². The second kappa shape index (κ2) is 4.91. The molecule has 3 rings (SSSR count). The van der Waals surface area contributed by atoms with Crippen molar-refractivity contribution >= 4 is 17.7 Å². The molecule has 1 aliphatic rings. The minimum Gasteiger partial charge on any atom is -0.241 e. The van der Waals surface area contributed by atoms with Crippen molar-refractivity contribution in [1.82, 2.24) is 9.97 Å². The molecule has 1 aliphatic carbocycles. The normalized spacial score (nSPS) is 12.7. The molecule has 3 heteroatoms. The molecule has 0 spiro atoms. The van der Waals surface area contributed by atoms with Crippen molar-refractivity contribution in [3.05, 3.63) is 64.2 Å². The minimum absolute atomic E-state index is 0.511. The standard InChI is InChI=1S/C15H13ClN2/c16-14-8-9-17-15(18-14)7-5-11-4-6-12-2-1-3-13(12)10-11/h1,3-4,6,8-10H,2,5,7H2. The van der Waals surface area contributed by atoms with Crippen molar-refractivity contribution in [2.24, 2.45) is 0 Å². The molecule has 2 aromatic rings. The first kappa shape index (κ1) is 11.4. The van der Waals surface area contributed by atoms with Gasteiger partial charge < -0.3 is 0 Å². The third-order valence-corrected chi connectivity index (χ3v) is 3.36. The van der Waals surface area contributed by atoms with Gasteiger partial charge in [0.2, 0.25) is 0 Å². The first-order valence-electron chi connectivity index (χ1n) is 6.07. The summed E-state index contributed by atoms with van der Waals surface area (Å²) >= 11 is 5.84. The van der Waals surface area contributed by atoms with Gasteiger partial charge in [-0.2, -0.15) is 0 Å². The SMILES string of the molecule is Clc1ccnc(CCc2ccc3c(c2)C=CC3)n1. The summed E-state index contributed by atoms with van der Waals surface area (Å²) in [5, 5.41) is 0.511. The van der Waals surface area contributed by atoms with Crippen molar-refractivity contribution in [1.29, 1.82) is 0 Å². The van der Waals surface area contributed by atoms with Gasteiger partial charge in [0.15, 0.2) is 0 Å². The van der Waals surface area contributed by atoms with E-state index in [-0.39, 0.29) is 0 Å². The third kappa shape index (κ3) is 2.44. The topological polar surface area (TPSA) is 25.8 Å². The van der Waals surface area contributed by atoms with Gasteiger partial charge in [0.25, 0.3) is 0 Å². The van der Waals surface area contributed by atoms with Crippen molar-refractivity contribution in [2.45, 2.75) is 19.3 Å². The fourth-order valence-electron chi connectivity index (χ4n) is 2.20. The first-order valence-corrected chi connectivity index (χ1v) is 6.45. The van der Waals surface area contributed by atoms with E-state index in [9.17, 15) is 0 Å². The van der Waals surface area contributed by atoms with Gasteiger partial charge in [-0.1, -0.05) is 42.0 Å². The first-order chi connectivity index (χ1) is 8.81. The fourth-order valence-corrected chi connectivity index (χ4v) is 2.36. The number of hydrogen-bond donors (Lipinski definition) is 0. The van der Waals surface area contributed by atoms with E-state index in [0.717, 1.165) is 25.1 Å². The molecule has 0 unspecified atom stereocenters. The second-order valence-electron chi connectivity index (χ2n) is 4.44. The lowest BCUT2D eigenvalue weighted by Crippen LogP contribution is -1.98. The van der Waals surface area contributed by atoms with E-state index >= 15 is 0 Å². The zero-order valence-corrected chi connectivity index (χ0v) is 10.7. The molecule has 0 fully saturated rings. The molecule has 2 nitrogen and oxygen atoms in total. The summed E-state index contributed by atoms with van der Waals surface area (Å²) in [6.45, 7) is 0. The summed E-state index contributed by atoms with van der Waals surface area (Å²) in [4.78, 5) is 8.42. The molecule has 0 bridgehead atoms. The van der Waals surface area contributed by atoms with Crippen LogP contribution in [0.2, 0.25) is 5.15 Å². The minimum atomic E-state index is 0.511. The van der Waals surface area contributed by atoms with Crippen LogP contribution in [0.25, 0.3) is 6.08 Å². The lowest BCUT2D eigenvalue weighted by Gasteiger charge is -2.04. The molecule has 90 valence electrons. The zero-order chi connectivity index (χ0) is 12.4. The molecule has 1 heterocycles. The molecule has 1 aromatic heterocycles. The molecule has 0 amide bonds. The number of nitrogens with zero attached hydrogens (tertiary/aromatic N) is 2. The summed E-state index contributed by atoms with van der Waals surface area (Å²) in [5.74, 6) is 0.804. The molecule has 0 atom stereocenters. The van der Waals surface area contributed by atoms with Crippen LogP contribution < -0.4 is 0 Å². The van der Waals surface area contributed by atoms with E-state index in [2.05, 4.69) is 40.3 Å². The van der Waals surface area contributed by atoms with Crippen LogP contribution in [-0.2, 0) is 19.3 Å². The summed E-state index contributed by atoms with van der Waals surface area (Å²) in [6.07, 6.45) is 8.93.